The number of hydrogen-bond acceptors (Lipinski definition) is 3. The van der Waals surface area contributed by atoms with Crippen LogP contribution in [0, 0.1) is 5.92 Å². The first kappa shape index (κ1) is 15.2. The van der Waals surface area contributed by atoms with Crippen molar-refractivity contribution in [1.29, 1.82) is 0 Å². The van der Waals surface area contributed by atoms with Crippen LogP contribution in [0.3, 0.4) is 0 Å². The first-order valence-corrected chi connectivity index (χ1v) is 8.83. The molecule has 4 heteroatoms. The second kappa shape index (κ2) is 7.03. The van der Waals surface area contributed by atoms with Crippen LogP contribution in [-0.4, -0.2) is 42.0 Å². The Kier molecular flexibility index (Phi) is 5.09. The Morgan fingerprint density at radius 3 is 2.10 bits per heavy atom. The molecule has 2 aliphatic rings. The van der Waals surface area contributed by atoms with Gasteiger partial charge in [0, 0.05) is 42.1 Å². The van der Waals surface area contributed by atoms with Crippen molar-refractivity contribution >= 4 is 21.7 Å². The van der Waals surface area contributed by atoms with E-state index in [9.17, 15) is 4.79 Å². The average Bonchev–Trinajstić information content (AvgIpc) is 2.56. The largest absolute Gasteiger partial charge is 0.294 e. The fraction of sp³-hybridized carbons (Fsp3) is 0.588. The van der Waals surface area contributed by atoms with Crippen LogP contribution in [0.2, 0.25) is 0 Å². The van der Waals surface area contributed by atoms with E-state index in [0.29, 0.717) is 5.78 Å². The zero-order valence-electron chi connectivity index (χ0n) is 12.4. The molecule has 0 bridgehead atoms. The number of carbonyl (C=O) groups excluding carboxylic acids is 1. The van der Waals surface area contributed by atoms with Gasteiger partial charge < -0.3 is 0 Å². The van der Waals surface area contributed by atoms with Crippen LogP contribution in [0.1, 0.15) is 42.5 Å². The van der Waals surface area contributed by atoms with Crippen LogP contribution in [-0.2, 0) is 0 Å². The molecule has 0 radical (unpaired) electrons. The van der Waals surface area contributed by atoms with E-state index in [1.54, 1.807) is 0 Å². The molecule has 2 fully saturated rings. The molecule has 0 unspecified atom stereocenters. The second-order valence-electron chi connectivity index (χ2n) is 6.11. The van der Waals surface area contributed by atoms with Gasteiger partial charge in [-0.3, -0.25) is 4.79 Å². The number of Topliss-reactive ketones (excluding diaryl/α,β-unsaturated/α-hetero) is 1. The van der Waals surface area contributed by atoms with Gasteiger partial charge in [-0.2, -0.15) is 0 Å². The molecule has 0 aromatic heterocycles. The van der Waals surface area contributed by atoms with Crippen LogP contribution >= 0.6 is 15.9 Å². The van der Waals surface area contributed by atoms with Crippen molar-refractivity contribution in [3.8, 4) is 0 Å². The van der Waals surface area contributed by atoms with Gasteiger partial charge in [0.25, 0.3) is 0 Å². The molecule has 0 saturated carbocycles. The van der Waals surface area contributed by atoms with E-state index < -0.39 is 0 Å². The lowest BCUT2D eigenvalue weighted by Crippen LogP contribution is -2.49. The quantitative estimate of drug-likeness (QED) is 0.775. The molecule has 21 heavy (non-hydrogen) atoms. The number of benzene rings is 1. The summed E-state index contributed by atoms with van der Waals surface area (Å²) in [6.07, 6.45) is 5.99. The molecule has 1 aromatic carbocycles. The lowest BCUT2D eigenvalue weighted by molar-refractivity contribution is -0.0584. The van der Waals surface area contributed by atoms with Gasteiger partial charge in [0.15, 0.2) is 5.78 Å². The molecular formula is C17H23BrN2O. The highest BCUT2D eigenvalue weighted by atomic mass is 79.9. The topological polar surface area (TPSA) is 23.6 Å². The fourth-order valence-electron chi connectivity index (χ4n) is 3.42. The Bertz CT molecular complexity index is 474. The minimum absolute atomic E-state index is 0.201. The van der Waals surface area contributed by atoms with Gasteiger partial charge in [-0.1, -0.05) is 34.5 Å². The van der Waals surface area contributed by atoms with Crippen LogP contribution < -0.4 is 0 Å². The molecule has 114 valence electrons. The number of carbonyl (C=O) groups is 1. The van der Waals surface area contributed by atoms with Crippen molar-refractivity contribution in [3.05, 3.63) is 34.3 Å². The van der Waals surface area contributed by atoms with E-state index in [1.807, 2.05) is 24.3 Å². The van der Waals surface area contributed by atoms with Gasteiger partial charge >= 0.3 is 0 Å². The SMILES string of the molecule is O=C(c1ccc(Br)cc1)C1CCN(N2CCCCC2)CC1. The smallest absolute Gasteiger partial charge is 0.166 e. The van der Waals surface area contributed by atoms with E-state index in [4.69, 9.17) is 0 Å². The number of piperidine rings is 2. The summed E-state index contributed by atoms with van der Waals surface area (Å²) >= 11 is 3.42. The highest BCUT2D eigenvalue weighted by Gasteiger charge is 2.28. The van der Waals surface area contributed by atoms with Gasteiger partial charge in [0.1, 0.15) is 0 Å². The van der Waals surface area contributed by atoms with E-state index >= 15 is 0 Å². The van der Waals surface area contributed by atoms with E-state index in [0.717, 1.165) is 36.0 Å². The molecule has 3 nitrogen and oxygen atoms in total. The Morgan fingerprint density at radius 2 is 1.48 bits per heavy atom. The van der Waals surface area contributed by atoms with Crippen molar-refractivity contribution in [2.24, 2.45) is 5.92 Å². The molecule has 2 heterocycles. The molecule has 3 rings (SSSR count). The molecule has 0 amide bonds. The monoisotopic (exact) mass is 350 g/mol. The first-order valence-electron chi connectivity index (χ1n) is 8.03. The van der Waals surface area contributed by atoms with Crippen molar-refractivity contribution in [2.75, 3.05) is 26.2 Å². The van der Waals surface area contributed by atoms with Crippen molar-refractivity contribution in [3.63, 3.8) is 0 Å². The number of hydrazine groups is 1. The van der Waals surface area contributed by atoms with Crippen LogP contribution in [0.15, 0.2) is 28.7 Å². The van der Waals surface area contributed by atoms with Crippen LogP contribution in [0.5, 0.6) is 0 Å². The standard InChI is InChI=1S/C17H23BrN2O/c18-16-6-4-14(5-7-16)17(21)15-8-12-20(13-9-15)19-10-2-1-3-11-19/h4-7,15H,1-3,8-13H2. The van der Waals surface area contributed by atoms with Gasteiger partial charge in [0.05, 0.1) is 0 Å². The third-order valence-corrected chi connectivity index (χ3v) is 5.23. The number of nitrogens with zero attached hydrogens (tertiary/aromatic N) is 2. The van der Waals surface area contributed by atoms with Gasteiger partial charge in [-0.15, -0.1) is 0 Å². The van der Waals surface area contributed by atoms with Gasteiger partial charge in [-0.25, -0.2) is 10.0 Å². The van der Waals surface area contributed by atoms with E-state index in [2.05, 4.69) is 25.9 Å². The van der Waals surface area contributed by atoms with E-state index in [1.165, 1.54) is 32.4 Å². The number of halogens is 1. The summed E-state index contributed by atoms with van der Waals surface area (Å²) in [4.78, 5) is 12.5. The predicted octanol–water partition coefficient (Wildman–Crippen LogP) is 3.74. The molecule has 0 aliphatic carbocycles. The van der Waals surface area contributed by atoms with Crippen molar-refractivity contribution in [1.82, 2.24) is 10.0 Å². The summed E-state index contributed by atoms with van der Waals surface area (Å²) in [5.74, 6) is 0.521. The highest BCUT2D eigenvalue weighted by molar-refractivity contribution is 9.10. The molecule has 0 N–H and O–H groups in total. The molecule has 1 aromatic rings. The maximum absolute atomic E-state index is 12.5. The molecule has 2 aliphatic heterocycles. The lowest BCUT2D eigenvalue weighted by Gasteiger charge is -2.41. The summed E-state index contributed by atoms with van der Waals surface area (Å²) in [6, 6.07) is 7.78. The number of hydrogen-bond donors (Lipinski definition) is 0. The summed E-state index contributed by atoms with van der Waals surface area (Å²) in [6.45, 7) is 4.47. The zero-order valence-corrected chi connectivity index (χ0v) is 14.0. The van der Waals surface area contributed by atoms with Crippen LogP contribution in [0.4, 0.5) is 0 Å². The maximum Gasteiger partial charge on any atom is 0.166 e. The summed E-state index contributed by atoms with van der Waals surface area (Å²) in [5.41, 5.74) is 0.856. The summed E-state index contributed by atoms with van der Waals surface area (Å²) in [7, 11) is 0. The molecular weight excluding hydrogens is 328 g/mol. The third kappa shape index (κ3) is 3.74. The Hall–Kier alpha value is -0.710. The zero-order chi connectivity index (χ0) is 14.7. The maximum atomic E-state index is 12.5. The van der Waals surface area contributed by atoms with E-state index in [-0.39, 0.29) is 5.92 Å². The average molecular weight is 351 g/mol. The Labute approximate surface area is 135 Å². The minimum atomic E-state index is 0.201. The van der Waals surface area contributed by atoms with Crippen molar-refractivity contribution in [2.45, 2.75) is 32.1 Å². The van der Waals surface area contributed by atoms with Gasteiger partial charge in [-0.05, 0) is 37.8 Å². The second-order valence-corrected chi connectivity index (χ2v) is 7.03. The fourth-order valence-corrected chi connectivity index (χ4v) is 3.69. The number of rotatable bonds is 3. The Balaban J connectivity index is 1.55. The first-order chi connectivity index (χ1) is 10.2. The van der Waals surface area contributed by atoms with Crippen LogP contribution in [0.25, 0.3) is 0 Å². The molecule has 0 spiro atoms. The molecule has 2 saturated heterocycles. The predicted molar refractivity (Wildman–Crippen MR) is 88.2 cm³/mol. The Morgan fingerprint density at radius 1 is 0.905 bits per heavy atom. The summed E-state index contributed by atoms with van der Waals surface area (Å²) in [5, 5.41) is 4.98. The third-order valence-electron chi connectivity index (χ3n) is 4.70. The highest BCUT2D eigenvalue weighted by Crippen LogP contribution is 2.24. The van der Waals surface area contributed by atoms with Gasteiger partial charge in [0.2, 0.25) is 0 Å². The van der Waals surface area contributed by atoms with Crippen molar-refractivity contribution < 1.29 is 4.79 Å². The normalized spacial score (nSPS) is 22.3. The summed E-state index contributed by atoms with van der Waals surface area (Å²) < 4.78 is 1.03. The lowest BCUT2D eigenvalue weighted by atomic mass is 9.89. The number of ketones is 1. The minimum Gasteiger partial charge on any atom is -0.294 e. The molecule has 0 atom stereocenters.